The number of carbonyl (C=O) groups excluding carboxylic acids is 1. The van der Waals surface area contributed by atoms with Gasteiger partial charge in [-0.1, -0.05) is 48.5 Å². The Bertz CT molecular complexity index is 942. The number of hydrogen-bond acceptors (Lipinski definition) is 3. The van der Waals surface area contributed by atoms with Crippen LogP contribution in [0.4, 0.5) is 5.69 Å². The molecular weight excluding hydrogens is 406 g/mol. The highest BCUT2D eigenvalue weighted by molar-refractivity contribution is 9.10. The monoisotopic (exact) mass is 425 g/mol. The molecule has 5 heteroatoms. The molecule has 0 aromatic heterocycles. The summed E-state index contributed by atoms with van der Waals surface area (Å²) in [4.78, 5) is 12.7. The molecule has 0 spiro atoms. The lowest BCUT2D eigenvalue weighted by Gasteiger charge is -2.15. The molecule has 0 bridgehead atoms. The van der Waals surface area contributed by atoms with Crippen molar-refractivity contribution in [2.45, 2.75) is 13.5 Å². The molecule has 1 amide bonds. The Morgan fingerprint density at radius 3 is 2.44 bits per heavy atom. The first kappa shape index (κ1) is 19.0. The average molecular weight is 426 g/mol. The SMILES string of the molecule is COc1c(Br)cc(C(=O)Nc2ccccc2C)cc1OCc1ccccc1. The zero-order chi connectivity index (χ0) is 19.2. The third-order valence-corrected chi connectivity index (χ3v) is 4.70. The molecule has 27 heavy (non-hydrogen) atoms. The lowest BCUT2D eigenvalue weighted by molar-refractivity contribution is 0.102. The number of nitrogens with one attached hydrogen (secondary N) is 1. The van der Waals surface area contributed by atoms with E-state index >= 15 is 0 Å². The van der Waals surface area contributed by atoms with Crippen molar-refractivity contribution in [1.29, 1.82) is 0 Å². The van der Waals surface area contributed by atoms with Crippen molar-refractivity contribution >= 4 is 27.5 Å². The number of anilines is 1. The molecule has 0 unspecified atom stereocenters. The maximum atomic E-state index is 12.7. The van der Waals surface area contributed by atoms with Crippen LogP contribution in [0, 0.1) is 6.92 Å². The second-order valence-electron chi connectivity index (χ2n) is 6.03. The van der Waals surface area contributed by atoms with Crippen molar-refractivity contribution in [2.24, 2.45) is 0 Å². The van der Waals surface area contributed by atoms with Crippen LogP contribution in [-0.4, -0.2) is 13.0 Å². The average Bonchev–Trinajstić information content (AvgIpc) is 2.68. The van der Waals surface area contributed by atoms with E-state index in [4.69, 9.17) is 9.47 Å². The Morgan fingerprint density at radius 1 is 1.04 bits per heavy atom. The Labute approximate surface area is 167 Å². The Hall–Kier alpha value is -2.79. The van der Waals surface area contributed by atoms with Gasteiger partial charge in [-0.05, 0) is 52.2 Å². The summed E-state index contributed by atoms with van der Waals surface area (Å²) < 4.78 is 12.0. The zero-order valence-electron chi connectivity index (χ0n) is 15.2. The maximum Gasteiger partial charge on any atom is 0.255 e. The summed E-state index contributed by atoms with van der Waals surface area (Å²) in [6, 6.07) is 20.9. The van der Waals surface area contributed by atoms with E-state index in [1.165, 1.54) is 0 Å². The van der Waals surface area contributed by atoms with Crippen molar-refractivity contribution in [3.63, 3.8) is 0 Å². The van der Waals surface area contributed by atoms with Gasteiger partial charge in [-0.15, -0.1) is 0 Å². The van der Waals surface area contributed by atoms with Crippen molar-refractivity contribution < 1.29 is 14.3 Å². The normalized spacial score (nSPS) is 10.3. The predicted molar refractivity (Wildman–Crippen MR) is 111 cm³/mol. The van der Waals surface area contributed by atoms with Gasteiger partial charge >= 0.3 is 0 Å². The highest BCUT2D eigenvalue weighted by Gasteiger charge is 2.16. The fourth-order valence-electron chi connectivity index (χ4n) is 2.65. The smallest absolute Gasteiger partial charge is 0.255 e. The predicted octanol–water partition coefficient (Wildman–Crippen LogP) is 5.60. The molecular formula is C22H20BrNO3. The largest absolute Gasteiger partial charge is 0.492 e. The number of hydrogen-bond donors (Lipinski definition) is 1. The number of para-hydroxylation sites is 1. The van der Waals surface area contributed by atoms with Crippen LogP contribution >= 0.6 is 15.9 Å². The number of rotatable bonds is 6. The Balaban J connectivity index is 1.84. The summed E-state index contributed by atoms with van der Waals surface area (Å²) in [5.41, 5.74) is 3.29. The third-order valence-electron chi connectivity index (χ3n) is 4.11. The van der Waals surface area contributed by atoms with Crippen LogP contribution in [-0.2, 0) is 6.61 Å². The first-order chi connectivity index (χ1) is 13.1. The Morgan fingerprint density at radius 2 is 1.74 bits per heavy atom. The van der Waals surface area contributed by atoms with E-state index in [0.29, 0.717) is 28.1 Å². The van der Waals surface area contributed by atoms with Crippen molar-refractivity contribution in [3.05, 3.63) is 87.9 Å². The van der Waals surface area contributed by atoms with Crippen LogP contribution in [0.25, 0.3) is 0 Å². The maximum absolute atomic E-state index is 12.7. The number of benzene rings is 3. The van der Waals surface area contributed by atoms with Crippen LogP contribution in [0.1, 0.15) is 21.5 Å². The second-order valence-corrected chi connectivity index (χ2v) is 6.89. The van der Waals surface area contributed by atoms with Gasteiger partial charge in [-0.3, -0.25) is 4.79 Å². The number of amides is 1. The highest BCUT2D eigenvalue weighted by atomic mass is 79.9. The zero-order valence-corrected chi connectivity index (χ0v) is 16.7. The van der Waals surface area contributed by atoms with Gasteiger partial charge in [0.05, 0.1) is 11.6 Å². The van der Waals surface area contributed by atoms with Gasteiger partial charge in [0, 0.05) is 11.3 Å². The third kappa shape index (κ3) is 4.68. The summed E-state index contributed by atoms with van der Waals surface area (Å²) in [5, 5.41) is 2.94. The molecule has 0 radical (unpaired) electrons. The first-order valence-corrected chi connectivity index (χ1v) is 9.29. The summed E-state index contributed by atoms with van der Waals surface area (Å²) in [7, 11) is 1.57. The minimum Gasteiger partial charge on any atom is -0.492 e. The summed E-state index contributed by atoms with van der Waals surface area (Å²) in [6.07, 6.45) is 0. The molecule has 0 aliphatic rings. The molecule has 1 N–H and O–H groups in total. The molecule has 0 aliphatic heterocycles. The van der Waals surface area contributed by atoms with Gasteiger partial charge < -0.3 is 14.8 Å². The lowest BCUT2D eigenvalue weighted by Crippen LogP contribution is -2.13. The number of aryl methyl sites for hydroxylation is 1. The molecule has 0 saturated heterocycles. The summed E-state index contributed by atoms with van der Waals surface area (Å²) >= 11 is 3.47. The standard InChI is InChI=1S/C22H20BrNO3/c1-15-8-6-7-11-19(15)24-22(25)17-12-18(23)21(26-2)20(13-17)27-14-16-9-4-3-5-10-16/h3-13H,14H2,1-2H3,(H,24,25). The molecule has 3 rings (SSSR count). The van der Waals surface area contributed by atoms with E-state index in [-0.39, 0.29) is 5.91 Å². The number of carbonyl (C=O) groups is 1. The van der Waals surface area contributed by atoms with Crippen molar-refractivity contribution in [1.82, 2.24) is 0 Å². The quantitative estimate of drug-likeness (QED) is 0.559. The van der Waals surface area contributed by atoms with Crippen molar-refractivity contribution in [2.75, 3.05) is 12.4 Å². The minimum absolute atomic E-state index is 0.211. The molecule has 0 atom stereocenters. The van der Waals surface area contributed by atoms with E-state index in [9.17, 15) is 4.79 Å². The highest BCUT2D eigenvalue weighted by Crippen LogP contribution is 2.37. The lowest BCUT2D eigenvalue weighted by atomic mass is 10.1. The van der Waals surface area contributed by atoms with E-state index < -0.39 is 0 Å². The number of halogens is 1. The van der Waals surface area contributed by atoms with Gasteiger partial charge in [0.2, 0.25) is 0 Å². The summed E-state index contributed by atoms with van der Waals surface area (Å²) in [5.74, 6) is 0.848. The molecule has 3 aromatic rings. The van der Waals surface area contributed by atoms with Crippen LogP contribution in [0.15, 0.2) is 71.2 Å². The molecule has 4 nitrogen and oxygen atoms in total. The topological polar surface area (TPSA) is 47.6 Å². The van der Waals surface area contributed by atoms with Gasteiger partial charge in [0.15, 0.2) is 11.5 Å². The van der Waals surface area contributed by atoms with Gasteiger partial charge in [-0.25, -0.2) is 0 Å². The molecule has 0 fully saturated rings. The van der Waals surface area contributed by atoms with Gasteiger partial charge in [-0.2, -0.15) is 0 Å². The van der Waals surface area contributed by atoms with Crippen LogP contribution < -0.4 is 14.8 Å². The van der Waals surface area contributed by atoms with Crippen LogP contribution in [0.3, 0.4) is 0 Å². The molecule has 0 aliphatic carbocycles. The molecule has 0 heterocycles. The van der Waals surface area contributed by atoms with Gasteiger partial charge in [0.25, 0.3) is 5.91 Å². The van der Waals surface area contributed by atoms with E-state index in [1.54, 1.807) is 19.2 Å². The van der Waals surface area contributed by atoms with Crippen LogP contribution in [0.2, 0.25) is 0 Å². The Kier molecular flexibility index (Phi) is 6.14. The summed E-state index contributed by atoms with van der Waals surface area (Å²) in [6.45, 7) is 2.33. The minimum atomic E-state index is -0.211. The fourth-order valence-corrected chi connectivity index (χ4v) is 3.25. The first-order valence-electron chi connectivity index (χ1n) is 8.49. The molecule has 138 valence electrons. The molecule has 3 aromatic carbocycles. The van der Waals surface area contributed by atoms with Crippen LogP contribution in [0.5, 0.6) is 11.5 Å². The van der Waals surface area contributed by atoms with E-state index in [0.717, 1.165) is 16.8 Å². The van der Waals surface area contributed by atoms with E-state index in [1.807, 2.05) is 61.5 Å². The fraction of sp³-hybridized carbons (Fsp3) is 0.136. The molecule has 0 saturated carbocycles. The second kappa shape index (κ2) is 8.73. The number of methoxy groups -OCH3 is 1. The van der Waals surface area contributed by atoms with E-state index in [2.05, 4.69) is 21.2 Å². The van der Waals surface area contributed by atoms with Crippen molar-refractivity contribution in [3.8, 4) is 11.5 Å². The number of ether oxygens (including phenoxy) is 2. The van der Waals surface area contributed by atoms with Gasteiger partial charge in [0.1, 0.15) is 6.61 Å².